The molecule has 7 nitrogen and oxygen atoms in total. The van der Waals surface area contributed by atoms with Crippen LogP contribution in [0.2, 0.25) is 5.02 Å². The minimum absolute atomic E-state index is 0.0293. The molecule has 0 saturated carbocycles. The van der Waals surface area contributed by atoms with Gasteiger partial charge in [0.15, 0.2) is 0 Å². The summed E-state index contributed by atoms with van der Waals surface area (Å²) in [4.78, 5) is 24.9. The van der Waals surface area contributed by atoms with Crippen LogP contribution in [0.4, 0.5) is 0 Å². The Bertz CT molecular complexity index is 964. The molecule has 136 valence electrons. The number of aromatic nitrogens is 2. The van der Waals surface area contributed by atoms with E-state index in [9.17, 15) is 18.0 Å². The second kappa shape index (κ2) is 7.55. The number of aromatic amines is 1. The maximum absolute atomic E-state index is 12.5. The number of hydrogen-bond acceptors (Lipinski definition) is 4. The van der Waals surface area contributed by atoms with Crippen molar-refractivity contribution in [2.75, 3.05) is 0 Å². The number of nitrogens with zero attached hydrogens (tertiary/aromatic N) is 1. The van der Waals surface area contributed by atoms with Crippen LogP contribution in [0.15, 0.2) is 51.0 Å². The smallest absolute Gasteiger partial charge is 0.301 e. The molecule has 0 aliphatic carbocycles. The van der Waals surface area contributed by atoms with Crippen LogP contribution in [0.5, 0.6) is 0 Å². The number of halogens is 1. The predicted molar refractivity (Wildman–Crippen MR) is 96.4 cm³/mol. The first-order valence-corrected chi connectivity index (χ1v) is 9.55. The van der Waals surface area contributed by atoms with Crippen LogP contribution in [-0.4, -0.2) is 23.5 Å². The number of nitrogens with one attached hydrogen (secondary N) is 2. The Morgan fingerprint density at radius 3 is 2.52 bits per heavy atom. The highest BCUT2D eigenvalue weighted by atomic mass is 35.5. The van der Waals surface area contributed by atoms with E-state index in [1.807, 2.05) is 0 Å². The molecule has 1 aromatic carbocycles. The van der Waals surface area contributed by atoms with Crippen LogP contribution in [0.1, 0.15) is 26.7 Å². The summed E-state index contributed by atoms with van der Waals surface area (Å²) in [6, 6.07) is 7.50. The lowest BCUT2D eigenvalue weighted by Crippen LogP contribution is -2.43. The zero-order valence-corrected chi connectivity index (χ0v) is 15.5. The molecule has 1 aromatic heterocycles. The Kier molecular flexibility index (Phi) is 5.87. The van der Waals surface area contributed by atoms with Gasteiger partial charge in [0.2, 0.25) is 10.0 Å². The van der Waals surface area contributed by atoms with Gasteiger partial charge >= 0.3 is 5.69 Å². The number of sulfonamides is 1. The molecule has 2 aromatic rings. The predicted octanol–water partition coefficient (Wildman–Crippen LogP) is 1.73. The summed E-state index contributed by atoms with van der Waals surface area (Å²) in [5.74, 6) is 0. The fraction of sp³-hybridized carbons (Fsp3) is 0.375. The molecule has 9 heteroatoms. The third kappa shape index (κ3) is 5.29. The summed E-state index contributed by atoms with van der Waals surface area (Å²) in [5.41, 5.74) is -1.67. The van der Waals surface area contributed by atoms with E-state index in [1.165, 1.54) is 29.0 Å². The highest BCUT2D eigenvalue weighted by Gasteiger charge is 2.27. The largest absolute Gasteiger partial charge is 0.328 e. The topological polar surface area (TPSA) is 101 Å². The standard InChI is InChI=1S/C16H20ClN3O4S/c1-16(2,9-5-10-20-11-8-14(21)18-15(20)22)19-25(23,24)13-7-4-3-6-12(13)17/h3-4,6-8,11,19H,5,9-10H2,1-2H3,(H,18,21,22). The zero-order valence-electron chi connectivity index (χ0n) is 14.0. The summed E-state index contributed by atoms with van der Waals surface area (Å²) in [6.07, 6.45) is 2.45. The number of benzene rings is 1. The molecule has 0 atom stereocenters. The second-order valence-electron chi connectivity index (χ2n) is 6.33. The maximum Gasteiger partial charge on any atom is 0.328 e. The average Bonchev–Trinajstić information content (AvgIpc) is 2.48. The van der Waals surface area contributed by atoms with Crippen molar-refractivity contribution in [3.8, 4) is 0 Å². The van der Waals surface area contributed by atoms with Gasteiger partial charge in [0.1, 0.15) is 4.90 Å². The van der Waals surface area contributed by atoms with E-state index in [4.69, 9.17) is 11.6 Å². The van der Waals surface area contributed by atoms with Crippen molar-refractivity contribution in [2.45, 2.75) is 43.7 Å². The maximum atomic E-state index is 12.5. The number of hydrogen-bond donors (Lipinski definition) is 2. The van der Waals surface area contributed by atoms with Gasteiger partial charge in [-0.15, -0.1) is 0 Å². The van der Waals surface area contributed by atoms with Crippen LogP contribution in [-0.2, 0) is 16.6 Å². The van der Waals surface area contributed by atoms with Gasteiger partial charge in [-0.3, -0.25) is 9.78 Å². The van der Waals surface area contributed by atoms with E-state index in [1.54, 1.807) is 26.0 Å². The lowest BCUT2D eigenvalue weighted by Gasteiger charge is -2.26. The summed E-state index contributed by atoms with van der Waals surface area (Å²) in [5, 5.41) is 0.158. The van der Waals surface area contributed by atoms with Gasteiger partial charge in [0.05, 0.1) is 5.02 Å². The van der Waals surface area contributed by atoms with Crippen molar-refractivity contribution >= 4 is 21.6 Å². The normalized spacial score (nSPS) is 12.3. The van der Waals surface area contributed by atoms with Gasteiger partial charge in [0, 0.05) is 24.3 Å². The molecule has 1 heterocycles. The third-order valence-electron chi connectivity index (χ3n) is 3.63. The minimum atomic E-state index is -3.76. The van der Waals surface area contributed by atoms with Crippen molar-refractivity contribution in [2.24, 2.45) is 0 Å². The van der Waals surface area contributed by atoms with Gasteiger partial charge < -0.3 is 4.57 Å². The van der Waals surface area contributed by atoms with Gasteiger partial charge in [-0.2, -0.15) is 0 Å². The Morgan fingerprint density at radius 1 is 1.20 bits per heavy atom. The summed E-state index contributed by atoms with van der Waals surface area (Å²) < 4.78 is 29.0. The Hall–Kier alpha value is -1.90. The van der Waals surface area contributed by atoms with Crippen LogP contribution in [0.3, 0.4) is 0 Å². The molecule has 0 radical (unpaired) electrons. The van der Waals surface area contributed by atoms with E-state index < -0.39 is 26.8 Å². The van der Waals surface area contributed by atoms with Crippen molar-refractivity contribution in [3.05, 3.63) is 62.4 Å². The van der Waals surface area contributed by atoms with Gasteiger partial charge in [0.25, 0.3) is 5.56 Å². The van der Waals surface area contributed by atoms with Gasteiger partial charge in [-0.1, -0.05) is 23.7 Å². The average molecular weight is 386 g/mol. The molecular weight excluding hydrogens is 366 g/mol. The lowest BCUT2D eigenvalue weighted by atomic mass is 10.0. The van der Waals surface area contributed by atoms with Crippen molar-refractivity contribution in [3.63, 3.8) is 0 Å². The molecule has 0 saturated heterocycles. The van der Waals surface area contributed by atoms with Gasteiger partial charge in [-0.05, 0) is 38.8 Å². The second-order valence-corrected chi connectivity index (χ2v) is 8.38. The van der Waals surface area contributed by atoms with Crippen molar-refractivity contribution in [1.82, 2.24) is 14.3 Å². The molecule has 0 amide bonds. The van der Waals surface area contributed by atoms with E-state index in [-0.39, 0.29) is 9.92 Å². The molecule has 0 spiro atoms. The van der Waals surface area contributed by atoms with Gasteiger partial charge in [-0.25, -0.2) is 17.9 Å². The Labute approximate surface area is 150 Å². The summed E-state index contributed by atoms with van der Waals surface area (Å²) >= 11 is 5.97. The fourth-order valence-electron chi connectivity index (χ4n) is 2.44. The molecule has 2 rings (SSSR count). The third-order valence-corrected chi connectivity index (χ3v) is 5.83. The molecule has 25 heavy (non-hydrogen) atoms. The highest BCUT2D eigenvalue weighted by molar-refractivity contribution is 7.89. The lowest BCUT2D eigenvalue weighted by molar-refractivity contribution is 0.394. The van der Waals surface area contributed by atoms with Crippen molar-refractivity contribution < 1.29 is 8.42 Å². The highest BCUT2D eigenvalue weighted by Crippen LogP contribution is 2.23. The molecule has 0 unspecified atom stereocenters. The van der Waals surface area contributed by atoms with E-state index in [0.29, 0.717) is 19.4 Å². The molecule has 0 aliphatic rings. The van der Waals surface area contributed by atoms with E-state index >= 15 is 0 Å². The molecular formula is C16H20ClN3O4S. The Balaban J connectivity index is 2.03. The molecule has 0 aliphatic heterocycles. The van der Waals surface area contributed by atoms with E-state index in [0.717, 1.165) is 0 Å². The fourth-order valence-corrected chi connectivity index (χ4v) is 4.41. The monoisotopic (exact) mass is 385 g/mol. The van der Waals surface area contributed by atoms with E-state index in [2.05, 4.69) is 9.71 Å². The minimum Gasteiger partial charge on any atom is -0.301 e. The number of H-pyrrole nitrogens is 1. The Morgan fingerprint density at radius 2 is 1.88 bits per heavy atom. The summed E-state index contributed by atoms with van der Waals surface area (Å²) in [6.45, 7) is 3.89. The number of aryl methyl sites for hydroxylation is 1. The molecule has 0 fully saturated rings. The molecule has 2 N–H and O–H groups in total. The first kappa shape index (κ1) is 19.4. The van der Waals surface area contributed by atoms with Crippen LogP contribution in [0.25, 0.3) is 0 Å². The SMILES string of the molecule is CC(C)(CCCn1ccc(=O)[nH]c1=O)NS(=O)(=O)c1ccccc1Cl. The molecule has 0 bridgehead atoms. The number of rotatable bonds is 7. The first-order chi connectivity index (χ1) is 11.6. The van der Waals surface area contributed by atoms with Crippen LogP contribution < -0.4 is 16.0 Å². The van der Waals surface area contributed by atoms with Crippen LogP contribution >= 0.6 is 11.6 Å². The zero-order chi connectivity index (χ0) is 18.7. The van der Waals surface area contributed by atoms with Crippen LogP contribution in [0, 0.1) is 0 Å². The quantitative estimate of drug-likeness (QED) is 0.757. The van der Waals surface area contributed by atoms with Crippen molar-refractivity contribution in [1.29, 1.82) is 0 Å². The first-order valence-electron chi connectivity index (χ1n) is 7.69. The summed E-state index contributed by atoms with van der Waals surface area (Å²) in [7, 11) is -3.76.